The Kier molecular flexibility index (Phi) is 10.3. The molecule has 3 aromatic carbocycles. The quantitative estimate of drug-likeness (QED) is 0.291. The Labute approximate surface area is 246 Å². The molecule has 0 saturated carbocycles. The predicted octanol–water partition coefficient (Wildman–Crippen LogP) is 6.15. The van der Waals surface area contributed by atoms with Crippen LogP contribution in [-0.4, -0.2) is 43.8 Å². The van der Waals surface area contributed by atoms with E-state index in [1.54, 1.807) is 44.2 Å². The molecule has 7 nitrogen and oxygen atoms in total. The van der Waals surface area contributed by atoms with Crippen LogP contribution in [0.4, 0.5) is 18.9 Å². The summed E-state index contributed by atoms with van der Waals surface area (Å²) in [7, 11) is -4.59. The third-order valence-corrected chi connectivity index (χ3v) is 8.36. The maximum Gasteiger partial charge on any atom is 0.416 e. The molecule has 1 atom stereocenters. The van der Waals surface area contributed by atoms with Crippen LogP contribution in [0.1, 0.15) is 31.9 Å². The van der Waals surface area contributed by atoms with Crippen LogP contribution in [0.2, 0.25) is 10.0 Å². The van der Waals surface area contributed by atoms with E-state index in [9.17, 15) is 31.2 Å². The van der Waals surface area contributed by atoms with Gasteiger partial charge in [-0.3, -0.25) is 13.9 Å². The van der Waals surface area contributed by atoms with Crippen LogP contribution < -0.4 is 9.62 Å². The summed E-state index contributed by atoms with van der Waals surface area (Å²) in [6, 6.07) is 14.3. The number of amides is 2. The summed E-state index contributed by atoms with van der Waals surface area (Å²) >= 11 is 12.2. The molecule has 0 aliphatic heterocycles. The van der Waals surface area contributed by atoms with Gasteiger partial charge >= 0.3 is 6.18 Å². The number of hydrogen-bond donors (Lipinski definition) is 1. The van der Waals surface area contributed by atoms with Crippen LogP contribution in [0.25, 0.3) is 0 Å². The molecule has 3 rings (SSSR count). The summed E-state index contributed by atoms with van der Waals surface area (Å²) < 4.78 is 68.9. The van der Waals surface area contributed by atoms with Gasteiger partial charge in [0, 0.05) is 17.6 Å². The van der Waals surface area contributed by atoms with Gasteiger partial charge in [-0.2, -0.15) is 13.2 Å². The number of rotatable bonds is 10. The molecule has 0 radical (unpaired) electrons. The number of alkyl halides is 3. The minimum absolute atomic E-state index is 0.113. The molecule has 0 fully saturated rings. The van der Waals surface area contributed by atoms with Crippen LogP contribution >= 0.6 is 23.2 Å². The molecule has 0 aromatic heterocycles. The number of carbonyl (C=O) groups excluding carboxylic acids is 2. The number of carbonyl (C=O) groups is 2. The lowest BCUT2D eigenvalue weighted by molar-refractivity contribution is -0.139. The highest BCUT2D eigenvalue weighted by molar-refractivity contribution is 7.92. The Morgan fingerprint density at radius 2 is 1.54 bits per heavy atom. The van der Waals surface area contributed by atoms with Crippen LogP contribution in [0.3, 0.4) is 0 Å². The summed E-state index contributed by atoms with van der Waals surface area (Å²) in [6.07, 6.45) is -4.81. The second kappa shape index (κ2) is 13.1. The number of nitrogens with one attached hydrogen (secondary N) is 1. The molecule has 1 N–H and O–H groups in total. The Morgan fingerprint density at radius 1 is 0.927 bits per heavy atom. The van der Waals surface area contributed by atoms with E-state index < -0.39 is 51.9 Å². The van der Waals surface area contributed by atoms with Crippen LogP contribution in [0.15, 0.2) is 77.7 Å². The maximum absolute atomic E-state index is 13.8. The Morgan fingerprint density at radius 3 is 2.10 bits per heavy atom. The zero-order chi connectivity index (χ0) is 30.5. The highest BCUT2D eigenvalue weighted by Gasteiger charge is 2.36. The average Bonchev–Trinajstić information content (AvgIpc) is 2.90. The summed E-state index contributed by atoms with van der Waals surface area (Å²) in [5.41, 5.74) is -1.11. The van der Waals surface area contributed by atoms with Crippen LogP contribution in [0.5, 0.6) is 0 Å². The van der Waals surface area contributed by atoms with Gasteiger partial charge in [0.2, 0.25) is 11.8 Å². The molecule has 0 saturated heterocycles. The molecule has 0 aliphatic rings. The smallest absolute Gasteiger partial charge is 0.352 e. The highest BCUT2D eigenvalue weighted by Crippen LogP contribution is 2.37. The molecule has 1 unspecified atom stereocenters. The minimum Gasteiger partial charge on any atom is -0.352 e. The van der Waals surface area contributed by atoms with Crippen molar-refractivity contribution in [2.75, 3.05) is 10.8 Å². The van der Waals surface area contributed by atoms with Crippen molar-refractivity contribution in [1.82, 2.24) is 10.2 Å². The molecule has 13 heteroatoms. The van der Waals surface area contributed by atoms with Gasteiger partial charge in [0.1, 0.15) is 12.6 Å². The zero-order valence-corrected chi connectivity index (χ0v) is 24.7. The third-order valence-electron chi connectivity index (χ3n) is 6.02. The first kappa shape index (κ1) is 32.2. The predicted molar refractivity (Wildman–Crippen MR) is 152 cm³/mol. The number of halogens is 5. The maximum atomic E-state index is 13.8. The fourth-order valence-electron chi connectivity index (χ4n) is 3.89. The first-order valence-electron chi connectivity index (χ1n) is 12.4. The van der Waals surface area contributed by atoms with E-state index in [0.717, 1.165) is 11.0 Å². The van der Waals surface area contributed by atoms with Gasteiger partial charge in [0.15, 0.2) is 0 Å². The lowest BCUT2D eigenvalue weighted by Gasteiger charge is -2.32. The summed E-state index contributed by atoms with van der Waals surface area (Å²) in [4.78, 5) is 27.7. The Balaban J connectivity index is 2.12. The molecule has 0 aliphatic carbocycles. The number of benzene rings is 3. The van der Waals surface area contributed by atoms with Crippen molar-refractivity contribution < 1.29 is 31.2 Å². The van der Waals surface area contributed by atoms with Crippen molar-refractivity contribution in [3.05, 3.63) is 94.0 Å². The fraction of sp³-hybridized carbons (Fsp3) is 0.286. The van der Waals surface area contributed by atoms with Crippen molar-refractivity contribution in [3.8, 4) is 0 Å². The van der Waals surface area contributed by atoms with Crippen LogP contribution in [0, 0.1) is 0 Å². The molecular weight excluding hydrogens is 602 g/mol. The van der Waals surface area contributed by atoms with Gasteiger partial charge in [0.05, 0.1) is 21.2 Å². The summed E-state index contributed by atoms with van der Waals surface area (Å²) in [6.45, 7) is 3.89. The largest absolute Gasteiger partial charge is 0.416 e. The SMILES string of the molecule is CC(C)NC(=O)C(C)N(Cc1ccc(Cl)cc1)C(=O)CN(c1cc(C(F)(F)F)ccc1Cl)S(=O)(=O)c1ccccc1. The molecular formula is C28H28Cl2F3N3O4S. The van der Waals surface area contributed by atoms with Gasteiger partial charge < -0.3 is 10.2 Å². The zero-order valence-electron chi connectivity index (χ0n) is 22.3. The van der Waals surface area contributed by atoms with Crippen molar-refractivity contribution in [2.45, 2.75) is 50.5 Å². The van der Waals surface area contributed by atoms with Gasteiger partial charge in [-0.1, -0.05) is 53.5 Å². The van der Waals surface area contributed by atoms with Crippen molar-refractivity contribution in [1.29, 1.82) is 0 Å². The van der Waals surface area contributed by atoms with Gasteiger partial charge in [-0.05, 0) is 68.8 Å². The average molecular weight is 631 g/mol. The fourth-order valence-corrected chi connectivity index (χ4v) is 5.73. The van der Waals surface area contributed by atoms with E-state index in [1.807, 2.05) is 0 Å². The van der Waals surface area contributed by atoms with Gasteiger partial charge in [-0.25, -0.2) is 8.42 Å². The molecule has 220 valence electrons. The Bertz CT molecular complexity index is 1490. The first-order chi connectivity index (χ1) is 19.1. The molecule has 0 bridgehead atoms. The highest BCUT2D eigenvalue weighted by atomic mass is 35.5. The van der Waals surface area contributed by atoms with Crippen molar-refractivity contribution in [2.24, 2.45) is 0 Å². The topological polar surface area (TPSA) is 86.8 Å². The number of sulfonamides is 1. The lowest BCUT2D eigenvalue weighted by atomic mass is 10.1. The van der Waals surface area contributed by atoms with E-state index in [-0.39, 0.29) is 22.5 Å². The first-order valence-corrected chi connectivity index (χ1v) is 14.6. The van der Waals surface area contributed by atoms with E-state index in [2.05, 4.69) is 5.32 Å². The standard InChI is InChI=1S/C28H28Cl2F3N3O4S/c1-18(2)34-27(38)19(3)35(16-20-9-12-22(29)13-10-20)26(37)17-36(41(39,40)23-7-5-4-6-8-23)25-15-21(28(31,32)33)11-14-24(25)30/h4-15,18-19H,16-17H2,1-3H3,(H,34,38). The molecule has 0 spiro atoms. The number of anilines is 1. The van der Waals surface area contributed by atoms with Crippen molar-refractivity contribution >= 4 is 50.7 Å². The molecule has 3 aromatic rings. The second-order valence-electron chi connectivity index (χ2n) is 9.48. The normalized spacial score (nSPS) is 12.6. The van der Waals surface area contributed by atoms with Gasteiger partial charge in [-0.15, -0.1) is 0 Å². The summed E-state index contributed by atoms with van der Waals surface area (Å²) in [5.74, 6) is -1.35. The van der Waals surface area contributed by atoms with E-state index in [4.69, 9.17) is 23.2 Å². The second-order valence-corrected chi connectivity index (χ2v) is 12.2. The Hall–Kier alpha value is -3.28. The summed E-state index contributed by atoms with van der Waals surface area (Å²) in [5, 5.41) is 2.84. The van der Waals surface area contributed by atoms with E-state index in [1.165, 1.54) is 31.2 Å². The third kappa shape index (κ3) is 8.15. The number of hydrogen-bond acceptors (Lipinski definition) is 4. The monoisotopic (exact) mass is 629 g/mol. The van der Waals surface area contributed by atoms with E-state index >= 15 is 0 Å². The van der Waals surface area contributed by atoms with Crippen molar-refractivity contribution in [3.63, 3.8) is 0 Å². The minimum atomic E-state index is -4.81. The van der Waals surface area contributed by atoms with Gasteiger partial charge in [0.25, 0.3) is 10.0 Å². The lowest BCUT2D eigenvalue weighted by Crippen LogP contribution is -2.52. The molecule has 41 heavy (non-hydrogen) atoms. The molecule has 0 heterocycles. The molecule has 2 amide bonds. The number of nitrogens with zero attached hydrogens (tertiary/aromatic N) is 2. The van der Waals surface area contributed by atoms with E-state index in [0.29, 0.717) is 27.0 Å². The van der Waals surface area contributed by atoms with Crippen LogP contribution in [-0.2, 0) is 32.3 Å².